The van der Waals surface area contributed by atoms with Gasteiger partial charge >= 0.3 is 12.0 Å². The first-order valence-corrected chi connectivity index (χ1v) is 4.96. The van der Waals surface area contributed by atoms with E-state index in [1.54, 1.807) is 6.92 Å². The molecule has 0 atom stereocenters. The molecule has 0 fully saturated rings. The minimum absolute atomic E-state index is 0.0708. The van der Waals surface area contributed by atoms with Crippen molar-refractivity contribution in [2.24, 2.45) is 0 Å². The molecule has 0 aliphatic carbocycles. The number of nitrogens with zero attached hydrogens (tertiary/aromatic N) is 3. The summed E-state index contributed by atoms with van der Waals surface area (Å²) in [4.78, 5) is 19.1. The van der Waals surface area contributed by atoms with Crippen molar-refractivity contribution in [2.45, 2.75) is 13.3 Å². The molecule has 90 valence electrons. The first-order chi connectivity index (χ1) is 8.24. The Kier molecular flexibility index (Phi) is 3.34. The fraction of sp³-hybridized carbons (Fsp3) is 0.333. The molecule has 0 aliphatic rings. The summed E-state index contributed by atoms with van der Waals surface area (Å²) in [5, 5.41) is 8.57. The van der Waals surface area contributed by atoms with Crippen LogP contribution in [0.15, 0.2) is 21.6 Å². The molecule has 0 saturated heterocycles. The van der Waals surface area contributed by atoms with Gasteiger partial charge in [-0.1, -0.05) is 5.16 Å². The number of rotatable bonds is 4. The Morgan fingerprint density at radius 3 is 3.06 bits per heavy atom. The highest BCUT2D eigenvalue weighted by Gasteiger charge is 2.07. The first kappa shape index (κ1) is 11.1. The second-order valence-electron chi connectivity index (χ2n) is 3.26. The van der Waals surface area contributed by atoms with Gasteiger partial charge in [0.2, 0.25) is 0 Å². The predicted molar refractivity (Wildman–Crippen MR) is 56.3 cm³/mol. The minimum Gasteiger partial charge on any atom is -0.451 e. The van der Waals surface area contributed by atoms with Crippen molar-refractivity contribution in [3.05, 3.63) is 24.2 Å². The number of aromatic nitrogens is 3. The molecule has 2 aromatic rings. The van der Waals surface area contributed by atoms with Gasteiger partial charge in [0.15, 0.2) is 12.2 Å². The van der Waals surface area contributed by atoms with Gasteiger partial charge in [-0.3, -0.25) is 5.32 Å². The van der Waals surface area contributed by atoms with Gasteiger partial charge in [-0.2, -0.15) is 4.98 Å². The number of urea groups is 1. The van der Waals surface area contributed by atoms with E-state index in [2.05, 4.69) is 25.8 Å². The average molecular weight is 237 g/mol. The third kappa shape index (κ3) is 3.30. The smallest absolute Gasteiger partial charge is 0.329 e. The van der Waals surface area contributed by atoms with Crippen molar-refractivity contribution in [1.29, 1.82) is 0 Å². The molecular formula is C9H11N5O3. The van der Waals surface area contributed by atoms with Gasteiger partial charge < -0.3 is 14.3 Å². The van der Waals surface area contributed by atoms with Crippen LogP contribution in [0.4, 0.5) is 10.8 Å². The number of aryl methyl sites for hydroxylation is 1. The fourth-order valence-corrected chi connectivity index (χ4v) is 1.15. The maximum Gasteiger partial charge on any atom is 0.329 e. The monoisotopic (exact) mass is 237 g/mol. The molecule has 2 amide bonds. The summed E-state index contributed by atoms with van der Waals surface area (Å²) in [5.74, 6) is 0.461. The number of carbonyl (C=O) groups is 1. The highest BCUT2D eigenvalue weighted by atomic mass is 16.5. The normalized spacial score (nSPS) is 10.2. The van der Waals surface area contributed by atoms with Crippen molar-refractivity contribution < 1.29 is 13.7 Å². The molecule has 0 spiro atoms. The molecule has 0 aromatic carbocycles. The largest absolute Gasteiger partial charge is 0.451 e. The second kappa shape index (κ2) is 5.10. The van der Waals surface area contributed by atoms with Crippen LogP contribution in [0.5, 0.6) is 0 Å². The molecule has 0 bridgehead atoms. The molecule has 2 aromatic heterocycles. The van der Waals surface area contributed by atoms with E-state index >= 15 is 0 Å². The van der Waals surface area contributed by atoms with Gasteiger partial charge in [0.05, 0.1) is 5.69 Å². The zero-order valence-electron chi connectivity index (χ0n) is 9.14. The van der Waals surface area contributed by atoms with E-state index in [9.17, 15) is 4.79 Å². The number of anilines is 1. The molecule has 0 unspecified atom stereocenters. The number of hydrogen-bond donors (Lipinski definition) is 2. The number of hydrogen-bond acceptors (Lipinski definition) is 6. The van der Waals surface area contributed by atoms with Crippen LogP contribution >= 0.6 is 0 Å². The molecule has 2 rings (SSSR count). The van der Waals surface area contributed by atoms with Crippen LogP contribution < -0.4 is 10.6 Å². The Hall–Kier alpha value is -2.38. The Bertz CT molecular complexity index is 479. The minimum atomic E-state index is -0.405. The molecule has 8 heteroatoms. The Balaban J connectivity index is 1.71. The van der Waals surface area contributed by atoms with Crippen LogP contribution in [0.25, 0.3) is 0 Å². The lowest BCUT2D eigenvalue weighted by Gasteiger charge is -2.02. The summed E-state index contributed by atoms with van der Waals surface area (Å²) < 4.78 is 9.52. The van der Waals surface area contributed by atoms with Crippen LogP contribution in [0, 0.1) is 6.92 Å². The highest BCUT2D eigenvalue weighted by Crippen LogP contribution is 2.01. The summed E-state index contributed by atoms with van der Waals surface area (Å²) in [7, 11) is 0. The van der Waals surface area contributed by atoms with Crippen molar-refractivity contribution in [3.8, 4) is 0 Å². The lowest BCUT2D eigenvalue weighted by atomic mass is 10.3. The average Bonchev–Trinajstić information content (AvgIpc) is 2.90. The van der Waals surface area contributed by atoms with Crippen LogP contribution in [0.1, 0.15) is 11.5 Å². The van der Waals surface area contributed by atoms with Crippen LogP contribution in [0.2, 0.25) is 0 Å². The second-order valence-corrected chi connectivity index (χ2v) is 3.26. The fourth-order valence-electron chi connectivity index (χ4n) is 1.15. The zero-order chi connectivity index (χ0) is 12.1. The van der Waals surface area contributed by atoms with Crippen molar-refractivity contribution in [2.75, 3.05) is 11.9 Å². The molecular weight excluding hydrogens is 226 g/mol. The molecule has 0 saturated carbocycles. The van der Waals surface area contributed by atoms with Gasteiger partial charge in [0, 0.05) is 13.0 Å². The Morgan fingerprint density at radius 2 is 2.41 bits per heavy atom. The van der Waals surface area contributed by atoms with E-state index in [4.69, 9.17) is 8.94 Å². The van der Waals surface area contributed by atoms with Crippen LogP contribution in [0.3, 0.4) is 0 Å². The van der Waals surface area contributed by atoms with E-state index in [-0.39, 0.29) is 6.01 Å². The molecule has 2 heterocycles. The van der Waals surface area contributed by atoms with Crippen molar-refractivity contribution in [3.63, 3.8) is 0 Å². The SMILES string of the molecule is Cc1noc(NC(=O)NCCc2cocn2)n1. The third-order valence-corrected chi connectivity index (χ3v) is 1.90. The molecule has 8 nitrogen and oxygen atoms in total. The lowest BCUT2D eigenvalue weighted by Crippen LogP contribution is -2.30. The van der Waals surface area contributed by atoms with Gasteiger partial charge in [-0.05, 0) is 6.92 Å². The lowest BCUT2D eigenvalue weighted by molar-refractivity contribution is 0.251. The molecule has 0 radical (unpaired) electrons. The van der Waals surface area contributed by atoms with Crippen LogP contribution in [-0.2, 0) is 6.42 Å². The van der Waals surface area contributed by atoms with Crippen molar-refractivity contribution in [1.82, 2.24) is 20.4 Å². The van der Waals surface area contributed by atoms with Gasteiger partial charge in [0.25, 0.3) is 0 Å². The number of amides is 2. The standard InChI is InChI=1S/C9H11N5O3/c1-6-12-9(17-14-6)13-8(15)10-3-2-7-4-16-5-11-7/h4-5H,2-3H2,1H3,(H2,10,12,13,14,15). The number of oxazole rings is 1. The van der Waals surface area contributed by atoms with E-state index in [1.807, 2.05) is 0 Å². The maximum atomic E-state index is 11.4. The summed E-state index contributed by atoms with van der Waals surface area (Å²) in [6, 6.07) is -0.335. The van der Waals surface area contributed by atoms with E-state index in [1.165, 1.54) is 12.7 Å². The van der Waals surface area contributed by atoms with Gasteiger partial charge in [-0.25, -0.2) is 9.78 Å². The number of nitrogens with one attached hydrogen (secondary N) is 2. The summed E-state index contributed by atoms with van der Waals surface area (Å²) in [6.45, 7) is 2.10. The molecule has 2 N–H and O–H groups in total. The maximum absolute atomic E-state index is 11.4. The quantitative estimate of drug-likeness (QED) is 0.811. The molecule has 0 aliphatic heterocycles. The van der Waals surface area contributed by atoms with E-state index < -0.39 is 6.03 Å². The Labute approximate surface area is 96.4 Å². The molecule has 17 heavy (non-hydrogen) atoms. The highest BCUT2D eigenvalue weighted by molar-refractivity contribution is 5.86. The summed E-state index contributed by atoms with van der Waals surface area (Å²) in [5.41, 5.74) is 0.777. The first-order valence-electron chi connectivity index (χ1n) is 4.96. The van der Waals surface area contributed by atoms with E-state index in [0.717, 1.165) is 5.69 Å². The van der Waals surface area contributed by atoms with Gasteiger partial charge in [-0.15, -0.1) is 0 Å². The van der Waals surface area contributed by atoms with Crippen LogP contribution in [-0.4, -0.2) is 27.7 Å². The Morgan fingerprint density at radius 1 is 1.53 bits per heavy atom. The van der Waals surface area contributed by atoms with Gasteiger partial charge in [0.1, 0.15) is 6.26 Å². The zero-order valence-corrected chi connectivity index (χ0v) is 9.14. The summed E-state index contributed by atoms with van der Waals surface area (Å²) >= 11 is 0. The van der Waals surface area contributed by atoms with Crippen molar-refractivity contribution >= 4 is 12.0 Å². The predicted octanol–water partition coefficient (Wildman–Crippen LogP) is 0.730. The third-order valence-electron chi connectivity index (χ3n) is 1.90. The number of carbonyl (C=O) groups excluding carboxylic acids is 1. The van der Waals surface area contributed by atoms with E-state index in [0.29, 0.717) is 18.8 Å². The topological polar surface area (TPSA) is 106 Å². The summed E-state index contributed by atoms with van der Waals surface area (Å²) in [6.07, 6.45) is 3.46.